The number of H-pyrrole nitrogens is 1. The van der Waals surface area contributed by atoms with Gasteiger partial charge in [-0.1, -0.05) is 18.2 Å². The highest BCUT2D eigenvalue weighted by molar-refractivity contribution is 9.10. The zero-order valence-corrected chi connectivity index (χ0v) is 30.6. The van der Waals surface area contributed by atoms with Crippen molar-refractivity contribution in [1.29, 1.82) is 0 Å². The summed E-state index contributed by atoms with van der Waals surface area (Å²) in [7, 11) is 0. The van der Waals surface area contributed by atoms with Gasteiger partial charge in [0.1, 0.15) is 17.8 Å². The first-order valence-electron chi connectivity index (χ1n) is 17.9. The zero-order valence-electron chi connectivity index (χ0n) is 29.0. The third-order valence-electron chi connectivity index (χ3n) is 9.99. The molecule has 0 bridgehead atoms. The molecule has 2 aromatic carbocycles. The number of phenols is 1. The predicted octanol–water partition coefficient (Wildman–Crippen LogP) is 3.11. The van der Waals surface area contributed by atoms with Crippen LogP contribution in [0.25, 0.3) is 11.0 Å². The minimum absolute atomic E-state index is 0.0561. The Hall–Kier alpha value is -4.89. The number of piperazine rings is 1. The highest BCUT2D eigenvalue weighted by atomic mass is 79.9. The van der Waals surface area contributed by atoms with E-state index in [-0.39, 0.29) is 29.8 Å². The van der Waals surface area contributed by atoms with Crippen molar-refractivity contribution in [2.75, 3.05) is 50.7 Å². The summed E-state index contributed by atoms with van der Waals surface area (Å²) in [6.45, 7) is 3.58. The molecule has 0 spiro atoms. The average Bonchev–Trinajstić information content (AvgIpc) is 3.51. The largest absolute Gasteiger partial charge is 0.507 e. The average molecular weight is 777 g/mol. The molecule has 2 aliphatic rings. The van der Waals surface area contributed by atoms with Crippen LogP contribution in [-0.4, -0.2) is 105 Å². The van der Waals surface area contributed by atoms with E-state index in [2.05, 4.69) is 41.4 Å². The van der Waals surface area contributed by atoms with E-state index in [0.29, 0.717) is 88.0 Å². The van der Waals surface area contributed by atoms with Crippen LogP contribution in [-0.2, 0) is 16.0 Å². The number of nitrogens with one attached hydrogen (secondary N) is 3. The summed E-state index contributed by atoms with van der Waals surface area (Å²) in [6.07, 6.45) is 6.55. The van der Waals surface area contributed by atoms with Crippen LogP contribution < -0.4 is 27.0 Å². The second kappa shape index (κ2) is 17.1. The first kappa shape index (κ1) is 36.9. The molecule has 4 heterocycles. The van der Waals surface area contributed by atoms with E-state index in [1.807, 2.05) is 36.4 Å². The van der Waals surface area contributed by atoms with Gasteiger partial charge in [-0.05, 0) is 96.5 Å². The molecular weight excluding hydrogens is 730 g/mol. The predicted molar refractivity (Wildman–Crippen MR) is 202 cm³/mol. The maximum atomic E-state index is 14.1. The molecule has 2 aromatic heterocycles. The molecule has 276 valence electrons. The molecule has 0 radical (unpaired) electrons. The number of likely N-dealkylation sites (tertiary alicyclic amines) is 1. The van der Waals surface area contributed by atoms with Gasteiger partial charge in [0.05, 0.1) is 15.5 Å². The summed E-state index contributed by atoms with van der Waals surface area (Å²) in [4.78, 5) is 67.2. The second-order valence-corrected chi connectivity index (χ2v) is 14.2. The highest BCUT2D eigenvalue weighted by Crippen LogP contribution is 2.27. The highest BCUT2D eigenvalue weighted by Gasteiger charge is 2.33. The molecule has 15 heteroatoms. The molecule has 0 unspecified atom stereocenters. The van der Waals surface area contributed by atoms with E-state index in [0.717, 1.165) is 16.7 Å². The number of anilines is 1. The minimum atomic E-state index is -1.01. The number of hydrogen-bond donors (Lipinski definition) is 5. The SMILES string of the molecule is NCCCC[C@H](NC(=O)[C@@H](Cc1ccc(O)c(Br)c1)NC(=O)N1CCC(n2c(=O)[nH]c3ccccc32)CC1)C(=O)N1CCN(c2ccncc2)CC1. The molecule has 0 aliphatic carbocycles. The van der Waals surface area contributed by atoms with Crippen LogP contribution in [0.4, 0.5) is 10.5 Å². The van der Waals surface area contributed by atoms with Crippen molar-refractivity contribution in [1.82, 2.24) is 35.0 Å². The lowest BCUT2D eigenvalue weighted by atomic mass is 10.0. The number of para-hydroxylation sites is 2. The molecule has 2 aliphatic heterocycles. The Morgan fingerprint density at radius 2 is 1.65 bits per heavy atom. The summed E-state index contributed by atoms with van der Waals surface area (Å²) < 4.78 is 2.23. The molecule has 2 fully saturated rings. The lowest BCUT2D eigenvalue weighted by molar-refractivity contribution is -0.137. The van der Waals surface area contributed by atoms with Gasteiger partial charge in [-0.15, -0.1) is 0 Å². The number of fused-ring (bicyclic) bond motifs is 1. The number of aromatic hydroxyl groups is 1. The lowest BCUT2D eigenvalue weighted by Gasteiger charge is -2.38. The second-order valence-electron chi connectivity index (χ2n) is 13.4. The van der Waals surface area contributed by atoms with Crippen molar-refractivity contribution in [3.05, 3.63) is 87.5 Å². The number of imidazole rings is 1. The number of phenolic OH excluding ortho intramolecular Hbond substituents is 1. The first-order valence-corrected chi connectivity index (χ1v) is 18.7. The molecular formula is C37H46BrN9O5. The van der Waals surface area contributed by atoms with Crippen molar-refractivity contribution in [3.8, 4) is 5.75 Å². The van der Waals surface area contributed by atoms with Gasteiger partial charge in [0.25, 0.3) is 0 Å². The summed E-state index contributed by atoms with van der Waals surface area (Å²) in [6, 6.07) is 14.1. The molecule has 6 rings (SSSR count). The van der Waals surface area contributed by atoms with Crippen molar-refractivity contribution < 1.29 is 19.5 Å². The number of carbonyl (C=O) groups is 3. The Bertz CT molecular complexity index is 1900. The maximum Gasteiger partial charge on any atom is 0.326 e. The first-order chi connectivity index (χ1) is 25.2. The van der Waals surface area contributed by atoms with Crippen LogP contribution in [0, 0.1) is 0 Å². The fraction of sp³-hybridized carbons (Fsp3) is 0.432. The van der Waals surface area contributed by atoms with E-state index in [1.54, 1.807) is 38.9 Å². The van der Waals surface area contributed by atoms with Gasteiger partial charge in [0.15, 0.2) is 0 Å². The zero-order chi connectivity index (χ0) is 36.6. The number of unbranched alkanes of at least 4 members (excludes halogenated alkanes) is 1. The van der Waals surface area contributed by atoms with Gasteiger partial charge in [-0.2, -0.15) is 0 Å². The summed E-state index contributed by atoms with van der Waals surface area (Å²) in [5.74, 6) is -0.577. The van der Waals surface area contributed by atoms with E-state index in [1.165, 1.54) is 6.07 Å². The number of nitrogens with two attached hydrogens (primary N) is 1. The number of aromatic amines is 1. The number of nitrogens with zero attached hydrogens (tertiary/aromatic N) is 5. The van der Waals surface area contributed by atoms with Gasteiger partial charge in [-0.25, -0.2) is 9.59 Å². The van der Waals surface area contributed by atoms with Gasteiger partial charge in [0, 0.05) is 69.8 Å². The molecule has 2 atom stereocenters. The third-order valence-corrected chi connectivity index (χ3v) is 10.6. The standard InChI is InChI=1S/C37H46BrN9O5/c38-28-23-25(8-9-33(28)48)24-31(43-36(51)46-17-12-27(13-18-46)47-32-7-2-1-5-29(32)42-37(47)52)34(49)41-30(6-3-4-14-39)35(50)45-21-19-44(20-22-45)26-10-15-40-16-11-26/h1-2,5,7-11,15-16,23,27,30-31,48H,3-4,6,12-14,17-22,24,39H2,(H,41,49)(H,42,52)(H,43,51)/t30-,31+/m0/s1. The number of halogens is 1. The maximum absolute atomic E-state index is 14.1. The van der Waals surface area contributed by atoms with E-state index in [9.17, 15) is 24.3 Å². The van der Waals surface area contributed by atoms with Gasteiger partial charge in [-0.3, -0.25) is 19.1 Å². The van der Waals surface area contributed by atoms with Crippen molar-refractivity contribution >= 4 is 50.5 Å². The van der Waals surface area contributed by atoms with Crippen LogP contribution in [0.2, 0.25) is 0 Å². The minimum Gasteiger partial charge on any atom is -0.507 e. The number of pyridine rings is 1. The molecule has 14 nitrogen and oxygen atoms in total. The van der Waals surface area contributed by atoms with Gasteiger partial charge in [0.2, 0.25) is 11.8 Å². The Balaban J connectivity index is 1.14. The number of rotatable bonds is 12. The van der Waals surface area contributed by atoms with Crippen molar-refractivity contribution in [2.45, 2.75) is 56.7 Å². The van der Waals surface area contributed by atoms with E-state index in [4.69, 9.17) is 5.73 Å². The third kappa shape index (κ3) is 8.76. The molecule has 4 amide bonds. The fourth-order valence-electron chi connectivity index (χ4n) is 7.11. The van der Waals surface area contributed by atoms with Crippen molar-refractivity contribution in [2.24, 2.45) is 5.73 Å². The number of aromatic nitrogens is 3. The normalized spacial score (nSPS) is 16.5. The lowest BCUT2D eigenvalue weighted by Crippen LogP contribution is -2.59. The number of hydrogen-bond acceptors (Lipinski definition) is 8. The summed E-state index contributed by atoms with van der Waals surface area (Å²) >= 11 is 3.35. The number of benzene rings is 2. The van der Waals surface area contributed by atoms with Gasteiger partial charge < -0.3 is 41.2 Å². The van der Waals surface area contributed by atoms with Crippen LogP contribution in [0.3, 0.4) is 0 Å². The van der Waals surface area contributed by atoms with Crippen molar-refractivity contribution in [3.63, 3.8) is 0 Å². The Kier molecular flexibility index (Phi) is 12.1. The Labute approximate surface area is 310 Å². The van der Waals surface area contributed by atoms with Crippen LogP contribution >= 0.6 is 15.9 Å². The number of amides is 4. The molecule has 4 aromatic rings. The van der Waals surface area contributed by atoms with E-state index < -0.39 is 24.0 Å². The summed E-state index contributed by atoms with van der Waals surface area (Å²) in [5.41, 5.74) is 8.96. The molecule has 0 saturated carbocycles. The molecule has 6 N–H and O–H groups in total. The monoisotopic (exact) mass is 775 g/mol. The quantitative estimate of drug-likeness (QED) is 0.136. The Morgan fingerprint density at radius 3 is 2.37 bits per heavy atom. The van der Waals surface area contributed by atoms with Crippen LogP contribution in [0.5, 0.6) is 5.75 Å². The van der Waals surface area contributed by atoms with Crippen LogP contribution in [0.15, 0.2) is 76.3 Å². The smallest absolute Gasteiger partial charge is 0.326 e. The Morgan fingerprint density at radius 1 is 0.923 bits per heavy atom. The van der Waals surface area contributed by atoms with Gasteiger partial charge >= 0.3 is 11.7 Å². The molecule has 2 saturated heterocycles. The number of piperidine rings is 1. The fourth-order valence-corrected chi connectivity index (χ4v) is 7.54. The van der Waals surface area contributed by atoms with E-state index >= 15 is 0 Å². The number of urea groups is 1. The van der Waals surface area contributed by atoms with Crippen LogP contribution in [0.1, 0.15) is 43.7 Å². The topological polar surface area (TPSA) is 182 Å². The number of carbonyl (C=O) groups excluding carboxylic acids is 3. The molecule has 52 heavy (non-hydrogen) atoms. The summed E-state index contributed by atoms with van der Waals surface area (Å²) in [5, 5.41) is 16.0.